The van der Waals surface area contributed by atoms with Gasteiger partial charge in [0.15, 0.2) is 5.82 Å². The molecule has 0 unspecified atom stereocenters. The van der Waals surface area contributed by atoms with Crippen LogP contribution >= 0.6 is 0 Å². The number of hydrogen-bond acceptors (Lipinski definition) is 4. The summed E-state index contributed by atoms with van der Waals surface area (Å²) in [4.78, 5) is 16.8. The third-order valence-electron chi connectivity index (χ3n) is 1.43. The summed E-state index contributed by atoms with van der Waals surface area (Å²) >= 11 is 0. The molecule has 0 atom stereocenters. The van der Waals surface area contributed by atoms with Gasteiger partial charge >= 0.3 is 11.9 Å². The second-order valence-electron chi connectivity index (χ2n) is 2.52. The van der Waals surface area contributed by atoms with E-state index in [1.807, 2.05) is 0 Å². The molecule has 0 aliphatic heterocycles. The second kappa shape index (κ2) is 4.24. The number of halogens is 3. The van der Waals surface area contributed by atoms with E-state index in [1.165, 1.54) is 6.92 Å². The van der Waals surface area contributed by atoms with Gasteiger partial charge in [-0.2, -0.15) is 8.78 Å². The lowest BCUT2D eigenvalue weighted by atomic mass is 10.3. The molecule has 0 saturated carbocycles. The Bertz CT molecular complexity index is 353. The molecule has 0 radical (unpaired) electrons. The Kier molecular flexibility index (Phi) is 3.23. The van der Waals surface area contributed by atoms with Gasteiger partial charge in [-0.3, -0.25) is 0 Å². The lowest BCUT2D eigenvalue weighted by Crippen LogP contribution is -2.30. The van der Waals surface area contributed by atoms with E-state index in [-0.39, 0.29) is 6.61 Å². The van der Waals surface area contributed by atoms with Gasteiger partial charge in [-0.15, -0.1) is 0 Å². The third kappa shape index (κ3) is 2.42. The quantitative estimate of drug-likeness (QED) is 0.720. The maximum absolute atomic E-state index is 13.1. The molecule has 0 amide bonds. The molecule has 4 nitrogen and oxygen atoms in total. The summed E-state index contributed by atoms with van der Waals surface area (Å²) in [5.74, 6) is -7.65. The molecule has 0 aliphatic rings. The van der Waals surface area contributed by atoms with Crippen molar-refractivity contribution in [2.75, 3.05) is 6.61 Å². The highest BCUT2D eigenvalue weighted by Gasteiger charge is 2.45. The summed E-state index contributed by atoms with van der Waals surface area (Å²) < 4.78 is 42.8. The highest BCUT2D eigenvalue weighted by Crippen LogP contribution is 2.25. The molecule has 0 N–H and O–H groups in total. The molecule has 15 heavy (non-hydrogen) atoms. The van der Waals surface area contributed by atoms with E-state index < -0.39 is 23.5 Å². The van der Waals surface area contributed by atoms with Crippen molar-refractivity contribution in [2.24, 2.45) is 0 Å². The SMILES string of the molecule is CCOC(=O)C(F)(F)c1ncc(F)cn1. The number of carbonyl (C=O) groups is 1. The van der Waals surface area contributed by atoms with E-state index in [4.69, 9.17) is 0 Å². The van der Waals surface area contributed by atoms with Crippen molar-refractivity contribution in [3.8, 4) is 0 Å². The van der Waals surface area contributed by atoms with Crippen molar-refractivity contribution in [3.05, 3.63) is 24.0 Å². The van der Waals surface area contributed by atoms with Gasteiger partial charge in [0.2, 0.25) is 5.82 Å². The zero-order chi connectivity index (χ0) is 11.5. The fourth-order valence-electron chi connectivity index (χ4n) is 0.787. The molecule has 0 spiro atoms. The summed E-state index contributed by atoms with van der Waals surface area (Å²) in [6.45, 7) is 1.20. The minimum absolute atomic E-state index is 0.185. The van der Waals surface area contributed by atoms with Crippen LogP contribution in [0.2, 0.25) is 0 Å². The van der Waals surface area contributed by atoms with Crippen LogP contribution in [-0.4, -0.2) is 22.5 Å². The van der Waals surface area contributed by atoms with Crippen LogP contribution in [-0.2, 0) is 15.5 Å². The number of ether oxygens (including phenoxy) is 1. The Labute approximate surface area is 83.1 Å². The number of esters is 1. The van der Waals surface area contributed by atoms with E-state index in [0.29, 0.717) is 12.4 Å². The van der Waals surface area contributed by atoms with Gasteiger partial charge in [-0.1, -0.05) is 0 Å². The van der Waals surface area contributed by atoms with Crippen LogP contribution in [0.3, 0.4) is 0 Å². The normalized spacial score (nSPS) is 11.2. The van der Waals surface area contributed by atoms with Crippen molar-refractivity contribution in [2.45, 2.75) is 12.8 Å². The van der Waals surface area contributed by atoms with Crippen molar-refractivity contribution in [1.29, 1.82) is 0 Å². The van der Waals surface area contributed by atoms with Crippen molar-refractivity contribution in [1.82, 2.24) is 9.97 Å². The van der Waals surface area contributed by atoms with E-state index in [9.17, 15) is 18.0 Å². The van der Waals surface area contributed by atoms with E-state index in [2.05, 4.69) is 14.7 Å². The Morgan fingerprint density at radius 2 is 2.00 bits per heavy atom. The van der Waals surface area contributed by atoms with Crippen LogP contribution in [0.1, 0.15) is 12.7 Å². The Morgan fingerprint density at radius 3 is 2.47 bits per heavy atom. The Balaban J connectivity index is 2.94. The molecule has 1 rings (SSSR count). The lowest BCUT2D eigenvalue weighted by molar-refractivity contribution is -0.174. The lowest BCUT2D eigenvalue weighted by Gasteiger charge is -2.12. The molecule has 1 aromatic heterocycles. The molecule has 0 fully saturated rings. The summed E-state index contributed by atoms with van der Waals surface area (Å²) in [5, 5.41) is 0. The van der Waals surface area contributed by atoms with Crippen LogP contribution in [0.15, 0.2) is 12.4 Å². The second-order valence-corrected chi connectivity index (χ2v) is 2.52. The van der Waals surface area contributed by atoms with Crippen molar-refractivity contribution >= 4 is 5.97 Å². The number of carbonyl (C=O) groups excluding carboxylic acids is 1. The molecular weight excluding hydrogens is 213 g/mol. The van der Waals surface area contributed by atoms with Crippen molar-refractivity contribution in [3.63, 3.8) is 0 Å². The number of nitrogens with zero attached hydrogens (tertiary/aromatic N) is 2. The van der Waals surface area contributed by atoms with Gasteiger partial charge < -0.3 is 4.74 Å². The van der Waals surface area contributed by atoms with E-state index in [0.717, 1.165) is 0 Å². The molecule has 1 aromatic rings. The van der Waals surface area contributed by atoms with Gasteiger partial charge in [-0.25, -0.2) is 19.2 Å². The largest absolute Gasteiger partial charge is 0.461 e. The first-order chi connectivity index (χ1) is 6.98. The summed E-state index contributed by atoms with van der Waals surface area (Å²) in [6.07, 6.45) is 1.10. The molecule has 1 heterocycles. The summed E-state index contributed by atoms with van der Waals surface area (Å²) in [5.41, 5.74) is 0. The average molecular weight is 220 g/mol. The van der Waals surface area contributed by atoms with Gasteiger partial charge in [-0.05, 0) is 6.92 Å². The highest BCUT2D eigenvalue weighted by atomic mass is 19.3. The van der Waals surface area contributed by atoms with Gasteiger partial charge in [0.25, 0.3) is 0 Å². The van der Waals surface area contributed by atoms with E-state index >= 15 is 0 Å². The smallest absolute Gasteiger partial charge is 0.401 e. The molecule has 0 saturated heterocycles. The highest BCUT2D eigenvalue weighted by molar-refractivity contribution is 5.78. The Hall–Kier alpha value is -1.66. The number of hydrogen-bond donors (Lipinski definition) is 0. The number of rotatable bonds is 3. The zero-order valence-electron chi connectivity index (χ0n) is 7.71. The predicted octanol–water partition coefficient (Wildman–Crippen LogP) is 1.27. The minimum atomic E-state index is -3.95. The molecular formula is C8H7F3N2O2. The first-order valence-corrected chi connectivity index (χ1v) is 4.01. The Morgan fingerprint density at radius 1 is 1.47 bits per heavy atom. The van der Waals surface area contributed by atoms with E-state index in [1.54, 1.807) is 0 Å². The maximum atomic E-state index is 13.1. The van der Waals surface area contributed by atoms with Crippen LogP contribution in [0.5, 0.6) is 0 Å². The topological polar surface area (TPSA) is 52.1 Å². The van der Waals surface area contributed by atoms with Crippen LogP contribution in [0.25, 0.3) is 0 Å². The summed E-state index contributed by atoms with van der Waals surface area (Å²) in [7, 11) is 0. The fourth-order valence-corrected chi connectivity index (χ4v) is 0.787. The first-order valence-electron chi connectivity index (χ1n) is 4.01. The number of aromatic nitrogens is 2. The standard InChI is InChI=1S/C8H7F3N2O2/c1-2-15-7(14)8(10,11)6-12-3-5(9)4-13-6/h3-4H,2H2,1H3. The molecule has 0 aliphatic carbocycles. The summed E-state index contributed by atoms with van der Waals surface area (Å²) in [6, 6.07) is 0. The molecule has 0 bridgehead atoms. The van der Waals surface area contributed by atoms with Gasteiger partial charge in [0, 0.05) is 0 Å². The average Bonchev–Trinajstić information content (AvgIpc) is 2.18. The number of alkyl halides is 2. The fraction of sp³-hybridized carbons (Fsp3) is 0.375. The van der Waals surface area contributed by atoms with Crippen LogP contribution in [0.4, 0.5) is 13.2 Å². The first kappa shape index (κ1) is 11.4. The monoisotopic (exact) mass is 220 g/mol. The predicted molar refractivity (Wildman–Crippen MR) is 42.5 cm³/mol. The van der Waals surface area contributed by atoms with Gasteiger partial charge in [0.05, 0.1) is 19.0 Å². The van der Waals surface area contributed by atoms with Gasteiger partial charge in [0.1, 0.15) is 0 Å². The molecule has 82 valence electrons. The minimum Gasteiger partial charge on any atom is -0.461 e. The van der Waals surface area contributed by atoms with Crippen LogP contribution < -0.4 is 0 Å². The van der Waals surface area contributed by atoms with Crippen LogP contribution in [0, 0.1) is 5.82 Å². The molecule has 0 aromatic carbocycles. The maximum Gasteiger partial charge on any atom is 0.401 e. The zero-order valence-corrected chi connectivity index (χ0v) is 7.71. The molecule has 7 heteroatoms. The third-order valence-corrected chi connectivity index (χ3v) is 1.43. The van der Waals surface area contributed by atoms with Crippen molar-refractivity contribution < 1.29 is 22.7 Å².